The van der Waals surface area contributed by atoms with Crippen LogP contribution in [0.4, 0.5) is 30.7 Å². The van der Waals surface area contributed by atoms with E-state index in [2.05, 4.69) is 16.4 Å². The third kappa shape index (κ3) is 6.09. The molecule has 0 aliphatic heterocycles. The van der Waals surface area contributed by atoms with Crippen LogP contribution in [0.5, 0.6) is 11.5 Å². The number of ether oxygens (including phenoxy) is 2. The molecule has 3 rings (SSSR count). The van der Waals surface area contributed by atoms with Gasteiger partial charge in [-0.15, -0.1) is 0 Å². The molecule has 0 saturated carbocycles. The Hall–Kier alpha value is -3.49. The van der Waals surface area contributed by atoms with Crippen LogP contribution in [0.1, 0.15) is 30.9 Å². The number of benzene rings is 3. The zero-order valence-corrected chi connectivity index (χ0v) is 17.9. The van der Waals surface area contributed by atoms with E-state index >= 15 is 0 Å². The monoisotopic (exact) mass is 484 g/mol. The van der Waals surface area contributed by atoms with Crippen molar-refractivity contribution in [3.8, 4) is 22.6 Å². The van der Waals surface area contributed by atoms with Gasteiger partial charge in [0, 0.05) is 6.07 Å². The van der Waals surface area contributed by atoms with Gasteiger partial charge in [0.25, 0.3) is 0 Å². The van der Waals surface area contributed by atoms with Gasteiger partial charge in [-0.25, -0.2) is 8.78 Å². The van der Waals surface area contributed by atoms with E-state index in [1.807, 2.05) is 12.1 Å². The third-order valence-corrected chi connectivity index (χ3v) is 4.89. The summed E-state index contributed by atoms with van der Waals surface area (Å²) in [5.41, 5.74) is 1.03. The quantitative estimate of drug-likeness (QED) is 0.224. The maximum Gasteiger partial charge on any atom is 0.429 e. The summed E-state index contributed by atoms with van der Waals surface area (Å²) in [6.45, 7) is 2.08. The highest BCUT2D eigenvalue weighted by atomic mass is 19.3. The molecule has 34 heavy (non-hydrogen) atoms. The van der Waals surface area contributed by atoms with Crippen molar-refractivity contribution in [2.24, 2.45) is 0 Å². The molecular weight excluding hydrogens is 465 g/mol. The molecule has 0 heterocycles. The Bertz CT molecular complexity index is 1170. The molecule has 0 unspecified atom stereocenters. The number of halogens is 7. The molecule has 0 bridgehead atoms. The van der Waals surface area contributed by atoms with Gasteiger partial charge in [-0.2, -0.15) is 22.0 Å². The zero-order valence-electron chi connectivity index (χ0n) is 17.9. The SMILES string of the molecule is CCCCc1ccc(-c2ccc(C(F)(F)Oc3ccc(OC(F)=C(F)F)c(F)c3)c(F)c2)cc1. The van der Waals surface area contributed by atoms with Crippen molar-refractivity contribution < 1.29 is 40.2 Å². The van der Waals surface area contributed by atoms with Crippen molar-refractivity contribution in [3.05, 3.63) is 95.5 Å². The Labute approximate surface area is 191 Å². The molecular formula is C25H19F7O2. The van der Waals surface area contributed by atoms with Crippen molar-refractivity contribution in [1.82, 2.24) is 0 Å². The van der Waals surface area contributed by atoms with Crippen LogP contribution in [-0.2, 0) is 12.5 Å². The van der Waals surface area contributed by atoms with Gasteiger partial charge in [0.1, 0.15) is 11.6 Å². The largest absolute Gasteiger partial charge is 0.429 e. The van der Waals surface area contributed by atoms with Gasteiger partial charge in [0.15, 0.2) is 11.6 Å². The summed E-state index contributed by atoms with van der Waals surface area (Å²) < 4.78 is 103. The highest BCUT2D eigenvalue weighted by Gasteiger charge is 2.38. The Kier molecular flexibility index (Phi) is 7.86. The number of alkyl halides is 2. The molecule has 0 atom stereocenters. The summed E-state index contributed by atoms with van der Waals surface area (Å²) in [7, 11) is 0. The highest BCUT2D eigenvalue weighted by molar-refractivity contribution is 5.64. The summed E-state index contributed by atoms with van der Waals surface area (Å²) >= 11 is 0. The van der Waals surface area contributed by atoms with E-state index in [0.717, 1.165) is 43.0 Å². The molecule has 0 aromatic heterocycles. The van der Waals surface area contributed by atoms with Gasteiger partial charge < -0.3 is 9.47 Å². The Balaban J connectivity index is 1.77. The standard InChI is InChI=1S/C25H19F7O2/c1-2-3-4-15-5-7-16(8-6-15)17-9-11-19(20(26)13-17)25(31,32)34-18-10-12-22(21(27)14-18)33-24(30)23(28)29/h5-14H,2-4H2,1H3. The minimum absolute atomic E-state index is 0.374. The zero-order chi connectivity index (χ0) is 24.9. The third-order valence-electron chi connectivity index (χ3n) is 4.89. The second-order valence-electron chi connectivity index (χ2n) is 7.34. The van der Waals surface area contributed by atoms with Crippen molar-refractivity contribution in [1.29, 1.82) is 0 Å². The molecule has 3 aromatic carbocycles. The first kappa shape index (κ1) is 25.1. The average molecular weight is 484 g/mol. The summed E-state index contributed by atoms with van der Waals surface area (Å²) in [6, 6.07) is 9.80. The topological polar surface area (TPSA) is 18.5 Å². The predicted molar refractivity (Wildman–Crippen MR) is 112 cm³/mol. The summed E-state index contributed by atoms with van der Waals surface area (Å²) in [4.78, 5) is 0. The lowest BCUT2D eigenvalue weighted by atomic mass is 10.00. The van der Waals surface area contributed by atoms with Gasteiger partial charge in [0.2, 0.25) is 0 Å². The molecule has 0 fully saturated rings. The molecule has 9 heteroatoms. The van der Waals surface area contributed by atoms with Gasteiger partial charge in [-0.1, -0.05) is 43.7 Å². The van der Waals surface area contributed by atoms with Crippen LogP contribution in [0.2, 0.25) is 0 Å². The van der Waals surface area contributed by atoms with E-state index < -0.39 is 46.9 Å². The van der Waals surface area contributed by atoms with Crippen LogP contribution in [0, 0.1) is 11.6 Å². The maximum atomic E-state index is 14.6. The van der Waals surface area contributed by atoms with E-state index in [4.69, 9.17) is 0 Å². The van der Waals surface area contributed by atoms with E-state index in [-0.39, 0.29) is 0 Å². The van der Waals surface area contributed by atoms with E-state index in [0.29, 0.717) is 23.3 Å². The number of hydrogen-bond donors (Lipinski definition) is 0. The molecule has 0 radical (unpaired) electrons. The van der Waals surface area contributed by atoms with Gasteiger partial charge in [0.05, 0.1) is 5.56 Å². The normalized spacial score (nSPS) is 11.3. The van der Waals surface area contributed by atoms with E-state index in [1.165, 1.54) is 6.07 Å². The molecule has 0 aliphatic rings. The predicted octanol–water partition coefficient (Wildman–Crippen LogP) is 8.52. The Morgan fingerprint density at radius 3 is 2.09 bits per heavy atom. The van der Waals surface area contributed by atoms with Crippen molar-refractivity contribution in [3.63, 3.8) is 0 Å². The lowest BCUT2D eigenvalue weighted by Gasteiger charge is -2.19. The first-order valence-corrected chi connectivity index (χ1v) is 10.2. The minimum atomic E-state index is -4.20. The summed E-state index contributed by atoms with van der Waals surface area (Å²) in [5.74, 6) is -4.42. The molecule has 2 nitrogen and oxygen atoms in total. The molecule has 3 aromatic rings. The van der Waals surface area contributed by atoms with Crippen LogP contribution >= 0.6 is 0 Å². The van der Waals surface area contributed by atoms with Crippen LogP contribution in [-0.4, -0.2) is 0 Å². The van der Waals surface area contributed by atoms with Crippen molar-refractivity contribution in [2.75, 3.05) is 0 Å². The Morgan fingerprint density at radius 1 is 0.824 bits per heavy atom. The highest BCUT2D eigenvalue weighted by Crippen LogP contribution is 2.36. The summed E-state index contributed by atoms with van der Waals surface area (Å²) in [5, 5.41) is 0. The minimum Gasteiger partial charge on any atom is -0.429 e. The molecule has 0 saturated heterocycles. The smallest absolute Gasteiger partial charge is 0.429 e. The van der Waals surface area contributed by atoms with Gasteiger partial charge in [-0.3, -0.25) is 0 Å². The van der Waals surface area contributed by atoms with Crippen LogP contribution in [0.25, 0.3) is 11.1 Å². The first-order valence-electron chi connectivity index (χ1n) is 10.2. The average Bonchev–Trinajstić information content (AvgIpc) is 2.79. The number of rotatable bonds is 9. The number of unbranched alkanes of at least 4 members (excludes halogenated alkanes) is 1. The second kappa shape index (κ2) is 10.6. The second-order valence-corrected chi connectivity index (χ2v) is 7.34. The van der Waals surface area contributed by atoms with Crippen LogP contribution in [0.15, 0.2) is 72.8 Å². The fourth-order valence-electron chi connectivity index (χ4n) is 3.14. The summed E-state index contributed by atoms with van der Waals surface area (Å²) in [6.07, 6.45) is -4.04. The van der Waals surface area contributed by atoms with Crippen molar-refractivity contribution >= 4 is 0 Å². The first-order chi connectivity index (χ1) is 16.1. The lowest BCUT2D eigenvalue weighted by molar-refractivity contribution is -0.187. The Morgan fingerprint density at radius 2 is 1.50 bits per heavy atom. The fraction of sp³-hybridized carbons (Fsp3) is 0.200. The van der Waals surface area contributed by atoms with E-state index in [9.17, 15) is 30.7 Å². The van der Waals surface area contributed by atoms with Crippen molar-refractivity contribution in [2.45, 2.75) is 32.3 Å². The molecule has 180 valence electrons. The van der Waals surface area contributed by atoms with Gasteiger partial charge >= 0.3 is 18.2 Å². The maximum absolute atomic E-state index is 14.6. The molecule has 0 aliphatic carbocycles. The fourth-order valence-corrected chi connectivity index (χ4v) is 3.14. The molecule has 0 amide bonds. The molecule has 0 N–H and O–H groups in total. The van der Waals surface area contributed by atoms with Gasteiger partial charge in [-0.05, 0) is 53.8 Å². The van der Waals surface area contributed by atoms with E-state index in [1.54, 1.807) is 12.1 Å². The number of hydrogen-bond acceptors (Lipinski definition) is 2. The van der Waals surface area contributed by atoms with Crippen LogP contribution < -0.4 is 9.47 Å². The number of aryl methyl sites for hydroxylation is 1. The lowest BCUT2D eigenvalue weighted by Crippen LogP contribution is -2.23. The van der Waals surface area contributed by atoms with Crippen LogP contribution in [0.3, 0.4) is 0 Å². The molecule has 0 spiro atoms.